The molecule has 0 spiro atoms. The highest BCUT2D eigenvalue weighted by Crippen LogP contribution is 2.44. The maximum absolute atomic E-state index is 13.7. The highest BCUT2D eigenvalue weighted by Gasteiger charge is 2.47. The van der Waals surface area contributed by atoms with Gasteiger partial charge in [-0.25, -0.2) is 4.98 Å². The van der Waals surface area contributed by atoms with Crippen molar-refractivity contribution >= 4 is 30.7 Å². The molecule has 31 heavy (non-hydrogen) atoms. The van der Waals surface area contributed by atoms with Crippen molar-refractivity contribution in [3.05, 3.63) is 72.1 Å². The van der Waals surface area contributed by atoms with E-state index in [-0.39, 0.29) is 36.8 Å². The first-order valence-corrected chi connectivity index (χ1v) is 10.0. The van der Waals surface area contributed by atoms with E-state index in [1.165, 1.54) is 0 Å². The summed E-state index contributed by atoms with van der Waals surface area (Å²) in [6.07, 6.45) is 3.49. The minimum Gasteiger partial charge on any atom is -0.497 e. The van der Waals surface area contributed by atoms with Gasteiger partial charge in [0, 0.05) is 43.5 Å². The zero-order chi connectivity index (χ0) is 19.8. The van der Waals surface area contributed by atoms with Crippen molar-refractivity contribution < 1.29 is 9.53 Å². The van der Waals surface area contributed by atoms with Crippen LogP contribution >= 0.6 is 24.8 Å². The molecule has 3 atom stereocenters. The third-order valence-corrected chi connectivity index (χ3v) is 6.19. The Kier molecular flexibility index (Phi) is 7.26. The van der Waals surface area contributed by atoms with Gasteiger partial charge in [0.25, 0.3) is 5.91 Å². The van der Waals surface area contributed by atoms with Crippen LogP contribution in [-0.4, -0.2) is 47.5 Å². The van der Waals surface area contributed by atoms with Crippen LogP contribution in [0, 0.1) is 11.8 Å². The van der Waals surface area contributed by atoms with E-state index in [1.807, 2.05) is 36.4 Å². The lowest BCUT2D eigenvalue weighted by Gasteiger charge is -2.29. The predicted octanol–water partition coefficient (Wildman–Crippen LogP) is 3.96. The third-order valence-electron chi connectivity index (χ3n) is 6.19. The van der Waals surface area contributed by atoms with Gasteiger partial charge in [-0.05, 0) is 29.7 Å². The van der Waals surface area contributed by atoms with Crippen molar-refractivity contribution in [3.8, 4) is 17.1 Å². The summed E-state index contributed by atoms with van der Waals surface area (Å²) in [5.74, 6) is 2.50. The van der Waals surface area contributed by atoms with Gasteiger partial charge < -0.3 is 19.9 Å². The van der Waals surface area contributed by atoms with Crippen LogP contribution in [-0.2, 0) is 0 Å². The molecule has 6 nitrogen and oxygen atoms in total. The molecule has 2 aliphatic rings. The monoisotopic (exact) mass is 460 g/mol. The fourth-order valence-electron chi connectivity index (χ4n) is 4.80. The number of carbonyl (C=O) groups excluding carboxylic acids is 1. The lowest BCUT2D eigenvalue weighted by molar-refractivity contribution is 0.0715. The second-order valence-electron chi connectivity index (χ2n) is 7.74. The Balaban J connectivity index is 0.00000136. The number of methoxy groups -OCH3 is 1. The number of amides is 1. The molecule has 0 unspecified atom stereocenters. The Hall–Kier alpha value is -2.54. The maximum Gasteiger partial charge on any atom is 0.255 e. The number of ether oxygens (including phenoxy) is 1. The molecule has 0 bridgehead atoms. The van der Waals surface area contributed by atoms with Crippen LogP contribution in [0.1, 0.15) is 22.0 Å². The Morgan fingerprint density at radius 1 is 1.10 bits per heavy atom. The van der Waals surface area contributed by atoms with Gasteiger partial charge in [-0.1, -0.05) is 30.3 Å². The number of H-pyrrole nitrogens is 1. The van der Waals surface area contributed by atoms with E-state index >= 15 is 0 Å². The number of hydrogen-bond acceptors (Lipinski definition) is 4. The number of imidazole rings is 1. The van der Waals surface area contributed by atoms with Gasteiger partial charge in [-0.15, -0.1) is 24.8 Å². The minimum atomic E-state index is 0. The quantitative estimate of drug-likeness (QED) is 0.617. The maximum atomic E-state index is 13.7. The summed E-state index contributed by atoms with van der Waals surface area (Å²) in [6.45, 7) is 2.66. The van der Waals surface area contributed by atoms with Crippen LogP contribution in [0.15, 0.2) is 60.9 Å². The van der Waals surface area contributed by atoms with Gasteiger partial charge in [0.15, 0.2) is 0 Å². The molecule has 2 aliphatic heterocycles. The van der Waals surface area contributed by atoms with E-state index in [4.69, 9.17) is 4.74 Å². The van der Waals surface area contributed by atoms with Gasteiger partial charge in [0.1, 0.15) is 11.6 Å². The highest BCUT2D eigenvalue weighted by atomic mass is 35.5. The number of rotatable bonds is 4. The Morgan fingerprint density at radius 2 is 1.87 bits per heavy atom. The number of carbonyl (C=O) groups is 1. The fourth-order valence-corrected chi connectivity index (χ4v) is 4.80. The molecule has 8 heteroatoms. The average Bonchev–Trinajstić information content (AvgIpc) is 3.50. The number of halogens is 2. The summed E-state index contributed by atoms with van der Waals surface area (Å²) in [7, 11) is 1.67. The van der Waals surface area contributed by atoms with Crippen molar-refractivity contribution in [2.45, 2.75) is 6.04 Å². The molecule has 0 aliphatic carbocycles. The lowest BCUT2D eigenvalue weighted by atomic mass is 9.89. The van der Waals surface area contributed by atoms with E-state index in [1.54, 1.807) is 19.5 Å². The lowest BCUT2D eigenvalue weighted by Crippen LogP contribution is -2.35. The molecule has 0 saturated carbocycles. The van der Waals surface area contributed by atoms with Gasteiger partial charge >= 0.3 is 0 Å². The summed E-state index contributed by atoms with van der Waals surface area (Å²) in [5, 5.41) is 3.50. The van der Waals surface area contributed by atoms with Crippen molar-refractivity contribution in [1.82, 2.24) is 20.2 Å². The summed E-state index contributed by atoms with van der Waals surface area (Å²) < 4.78 is 5.32. The summed E-state index contributed by atoms with van der Waals surface area (Å²) in [6, 6.07) is 15.9. The fraction of sp³-hybridized carbons (Fsp3) is 0.304. The number of nitrogens with zero attached hydrogens (tertiary/aromatic N) is 2. The van der Waals surface area contributed by atoms with Crippen LogP contribution in [0.4, 0.5) is 0 Å². The Morgan fingerprint density at radius 3 is 2.58 bits per heavy atom. The predicted molar refractivity (Wildman–Crippen MR) is 125 cm³/mol. The minimum absolute atomic E-state index is 0. The normalized spacial score (nSPS) is 21.7. The molecule has 3 aromatic rings. The first-order chi connectivity index (χ1) is 14.3. The molecule has 1 aromatic heterocycles. The molecular weight excluding hydrogens is 435 g/mol. The summed E-state index contributed by atoms with van der Waals surface area (Å²) in [5.41, 5.74) is 2.69. The molecule has 3 heterocycles. The molecule has 1 amide bonds. The van der Waals surface area contributed by atoms with E-state index in [2.05, 4.69) is 32.3 Å². The van der Waals surface area contributed by atoms with Crippen LogP contribution in [0.3, 0.4) is 0 Å². The van der Waals surface area contributed by atoms with Crippen LogP contribution in [0.2, 0.25) is 0 Å². The Labute approximate surface area is 194 Å². The second-order valence-corrected chi connectivity index (χ2v) is 7.74. The average molecular weight is 461 g/mol. The molecule has 2 aromatic carbocycles. The second kappa shape index (κ2) is 9.73. The number of benzene rings is 2. The molecule has 0 radical (unpaired) electrons. The van der Waals surface area contributed by atoms with Crippen LogP contribution in [0.5, 0.6) is 5.75 Å². The number of likely N-dealkylation sites (tertiary alicyclic amines) is 1. The number of fused-ring (bicyclic) bond motifs is 1. The van der Waals surface area contributed by atoms with Crippen molar-refractivity contribution in [2.24, 2.45) is 11.8 Å². The smallest absolute Gasteiger partial charge is 0.255 e. The largest absolute Gasteiger partial charge is 0.497 e. The molecule has 5 rings (SSSR count). The summed E-state index contributed by atoms with van der Waals surface area (Å²) in [4.78, 5) is 23.3. The molecule has 2 saturated heterocycles. The van der Waals surface area contributed by atoms with E-state index in [0.717, 1.165) is 42.3 Å². The molecular formula is C23H26Cl2N4O2. The standard InChI is InChI=1S/C23H24N4O2.2ClH/c1-29-17-8-6-15(7-9-17)21-20-13-24-12-16(20)14-27(21)23(28)19-5-3-2-4-18(19)22-25-10-11-26-22;;/h2-11,16,20-21,24H,12-14H2,1H3,(H,25,26);2*1H/t16-,20-,21-;;/m0../s1. The first-order valence-electron chi connectivity index (χ1n) is 10.0. The summed E-state index contributed by atoms with van der Waals surface area (Å²) >= 11 is 0. The molecule has 2 fully saturated rings. The topological polar surface area (TPSA) is 70.2 Å². The number of aromatic amines is 1. The highest BCUT2D eigenvalue weighted by molar-refractivity contribution is 6.00. The SMILES string of the molecule is COc1ccc([C@H]2[C@H]3CNC[C@H]3CN2C(=O)c2ccccc2-c2ncc[nH]2)cc1.Cl.Cl. The third kappa shape index (κ3) is 4.15. The molecule has 2 N–H and O–H groups in total. The van der Waals surface area contributed by atoms with Crippen LogP contribution < -0.4 is 10.1 Å². The van der Waals surface area contributed by atoms with E-state index in [0.29, 0.717) is 17.4 Å². The Bertz CT molecular complexity index is 1010. The van der Waals surface area contributed by atoms with E-state index in [9.17, 15) is 4.79 Å². The number of hydrogen-bond donors (Lipinski definition) is 2. The molecule has 164 valence electrons. The number of nitrogens with one attached hydrogen (secondary N) is 2. The van der Waals surface area contributed by atoms with Crippen molar-refractivity contribution in [1.29, 1.82) is 0 Å². The van der Waals surface area contributed by atoms with Gasteiger partial charge in [0.2, 0.25) is 0 Å². The van der Waals surface area contributed by atoms with Crippen LogP contribution in [0.25, 0.3) is 11.4 Å². The zero-order valence-corrected chi connectivity index (χ0v) is 18.8. The zero-order valence-electron chi connectivity index (χ0n) is 17.2. The van der Waals surface area contributed by atoms with E-state index < -0.39 is 0 Å². The van der Waals surface area contributed by atoms with Crippen molar-refractivity contribution in [2.75, 3.05) is 26.7 Å². The van der Waals surface area contributed by atoms with Gasteiger partial charge in [-0.3, -0.25) is 4.79 Å². The first kappa shape index (κ1) is 23.1. The van der Waals surface area contributed by atoms with Gasteiger partial charge in [-0.2, -0.15) is 0 Å². The number of aromatic nitrogens is 2. The van der Waals surface area contributed by atoms with Crippen molar-refractivity contribution in [3.63, 3.8) is 0 Å². The van der Waals surface area contributed by atoms with Gasteiger partial charge in [0.05, 0.1) is 18.7 Å².